The maximum Gasteiger partial charge on any atom is 0.262 e. The van der Waals surface area contributed by atoms with Crippen molar-refractivity contribution in [1.82, 2.24) is 14.9 Å². The fraction of sp³-hybridized carbons (Fsp3) is 0.167. The molecule has 0 aliphatic heterocycles. The van der Waals surface area contributed by atoms with Crippen molar-refractivity contribution >= 4 is 32.7 Å². The van der Waals surface area contributed by atoms with E-state index in [0.29, 0.717) is 16.8 Å². The molecule has 0 bridgehead atoms. The van der Waals surface area contributed by atoms with E-state index >= 15 is 0 Å². The Labute approximate surface area is 187 Å². The quantitative estimate of drug-likeness (QED) is 0.468. The Hall–Kier alpha value is -3.65. The highest BCUT2D eigenvalue weighted by Crippen LogP contribution is 2.21. The van der Waals surface area contributed by atoms with Crippen molar-refractivity contribution in [1.29, 1.82) is 0 Å². The second-order valence-electron chi connectivity index (χ2n) is 7.71. The number of sulfonamides is 1. The Morgan fingerprint density at radius 2 is 1.78 bits per heavy atom. The van der Waals surface area contributed by atoms with E-state index in [1.807, 2.05) is 48.9 Å². The number of rotatable bonds is 6. The van der Waals surface area contributed by atoms with Crippen LogP contribution in [-0.4, -0.2) is 23.9 Å². The molecule has 1 aromatic heterocycles. The molecule has 0 spiro atoms. The Morgan fingerprint density at radius 1 is 1.00 bits per heavy atom. The topological polar surface area (TPSA) is 93.1 Å². The number of hydrogen-bond acceptors (Lipinski definition) is 4. The third-order valence-electron chi connectivity index (χ3n) is 5.30. The van der Waals surface area contributed by atoms with Crippen LogP contribution < -0.4 is 10.0 Å². The minimum atomic E-state index is -3.78. The van der Waals surface area contributed by atoms with Crippen molar-refractivity contribution in [3.63, 3.8) is 0 Å². The first-order valence-corrected chi connectivity index (χ1v) is 11.6. The van der Waals surface area contributed by atoms with Crippen molar-refractivity contribution in [3.8, 4) is 0 Å². The van der Waals surface area contributed by atoms with Gasteiger partial charge in [-0.2, -0.15) is 0 Å². The number of carbonyl (C=O) groups is 1. The fourth-order valence-electron chi connectivity index (χ4n) is 3.55. The lowest BCUT2D eigenvalue weighted by atomic mass is 10.2. The van der Waals surface area contributed by atoms with E-state index in [2.05, 4.69) is 15.0 Å². The highest BCUT2D eigenvalue weighted by atomic mass is 32.2. The molecule has 164 valence electrons. The smallest absolute Gasteiger partial charge is 0.262 e. The number of aryl methyl sites for hydroxylation is 3. The van der Waals surface area contributed by atoms with Crippen LogP contribution in [-0.2, 0) is 23.6 Å². The zero-order valence-electron chi connectivity index (χ0n) is 18.1. The molecule has 0 unspecified atom stereocenters. The van der Waals surface area contributed by atoms with Crippen LogP contribution in [0.4, 0.5) is 5.69 Å². The monoisotopic (exact) mass is 448 g/mol. The molecule has 7 nitrogen and oxygen atoms in total. The molecule has 0 aliphatic rings. The Bertz CT molecular complexity index is 1420. The van der Waals surface area contributed by atoms with Crippen LogP contribution >= 0.6 is 0 Å². The van der Waals surface area contributed by atoms with Crippen molar-refractivity contribution in [3.05, 3.63) is 89.2 Å². The lowest BCUT2D eigenvalue weighted by molar-refractivity contribution is 0.0949. The number of fused-ring (bicyclic) bond motifs is 1. The number of hydrogen-bond donors (Lipinski definition) is 2. The zero-order chi connectivity index (χ0) is 22.9. The third kappa shape index (κ3) is 4.36. The molecule has 0 aliphatic carbocycles. The number of imidazole rings is 1. The SMILES string of the molecule is Cc1ccc(C)c(S(=O)(=O)Nc2cccc(C(=O)NCc3nc4ccccc4n3C)c2)c1. The van der Waals surface area contributed by atoms with E-state index in [1.165, 1.54) is 6.07 Å². The highest BCUT2D eigenvalue weighted by Gasteiger charge is 2.18. The predicted molar refractivity (Wildman–Crippen MR) is 125 cm³/mol. The molecule has 32 heavy (non-hydrogen) atoms. The van der Waals surface area contributed by atoms with Crippen LogP contribution in [0.25, 0.3) is 11.0 Å². The van der Waals surface area contributed by atoms with Gasteiger partial charge in [0, 0.05) is 18.3 Å². The molecule has 4 rings (SSSR count). The maximum atomic E-state index is 12.9. The van der Waals surface area contributed by atoms with E-state index < -0.39 is 10.0 Å². The molecule has 1 amide bonds. The minimum absolute atomic E-state index is 0.217. The maximum absolute atomic E-state index is 12.9. The van der Waals surface area contributed by atoms with Gasteiger partial charge in [-0.15, -0.1) is 0 Å². The van der Waals surface area contributed by atoms with Gasteiger partial charge >= 0.3 is 0 Å². The van der Waals surface area contributed by atoms with Crippen LogP contribution in [0.15, 0.2) is 71.6 Å². The Morgan fingerprint density at radius 3 is 2.56 bits per heavy atom. The molecule has 0 saturated heterocycles. The normalized spacial score (nSPS) is 11.5. The molecule has 2 N–H and O–H groups in total. The molecular weight excluding hydrogens is 424 g/mol. The second-order valence-corrected chi connectivity index (χ2v) is 9.36. The summed E-state index contributed by atoms with van der Waals surface area (Å²) in [5.74, 6) is 0.413. The molecule has 0 fully saturated rings. The third-order valence-corrected chi connectivity index (χ3v) is 6.82. The van der Waals surface area contributed by atoms with Crippen LogP contribution in [0.3, 0.4) is 0 Å². The van der Waals surface area contributed by atoms with Gasteiger partial charge in [0.1, 0.15) is 5.82 Å². The number of anilines is 1. The number of para-hydroxylation sites is 2. The van der Waals surface area contributed by atoms with Gasteiger partial charge in [0.15, 0.2) is 0 Å². The lowest BCUT2D eigenvalue weighted by Gasteiger charge is -2.12. The first-order valence-electron chi connectivity index (χ1n) is 10.1. The van der Waals surface area contributed by atoms with E-state index in [9.17, 15) is 13.2 Å². The average molecular weight is 449 g/mol. The van der Waals surface area contributed by atoms with Crippen molar-refractivity contribution in [2.45, 2.75) is 25.3 Å². The molecule has 4 aromatic rings. The summed E-state index contributed by atoms with van der Waals surface area (Å²) in [6.45, 7) is 3.84. The molecule has 1 heterocycles. The summed E-state index contributed by atoms with van der Waals surface area (Å²) in [6, 6.07) is 19.4. The largest absolute Gasteiger partial charge is 0.345 e. The standard InChI is InChI=1S/C24H24N4O3S/c1-16-11-12-17(2)22(13-16)32(30,31)27-19-8-6-7-18(14-19)24(29)25-15-23-26-20-9-4-5-10-21(20)28(23)3/h4-14,27H,15H2,1-3H3,(H,25,29). The molecule has 0 radical (unpaired) electrons. The lowest BCUT2D eigenvalue weighted by Crippen LogP contribution is -2.24. The molecule has 8 heteroatoms. The van der Waals surface area contributed by atoms with Gasteiger partial charge in [0.25, 0.3) is 15.9 Å². The van der Waals surface area contributed by atoms with Crippen molar-refractivity contribution in [2.24, 2.45) is 7.05 Å². The first kappa shape index (κ1) is 21.6. The summed E-state index contributed by atoms with van der Waals surface area (Å²) in [5.41, 5.74) is 4.03. The predicted octanol–water partition coefficient (Wildman–Crippen LogP) is 3.92. The molecule has 3 aromatic carbocycles. The van der Waals surface area contributed by atoms with Crippen LogP contribution in [0.2, 0.25) is 0 Å². The van der Waals surface area contributed by atoms with Crippen LogP contribution in [0.1, 0.15) is 27.3 Å². The Balaban J connectivity index is 1.50. The summed E-state index contributed by atoms with van der Waals surface area (Å²) >= 11 is 0. The molecule has 0 atom stereocenters. The number of carbonyl (C=O) groups excluding carboxylic acids is 1. The van der Waals surface area contributed by atoms with Crippen molar-refractivity contribution in [2.75, 3.05) is 4.72 Å². The van der Waals surface area contributed by atoms with Gasteiger partial charge in [0.2, 0.25) is 0 Å². The fourth-order valence-corrected chi connectivity index (χ4v) is 4.93. The van der Waals surface area contributed by atoms with Gasteiger partial charge in [-0.25, -0.2) is 13.4 Å². The van der Waals surface area contributed by atoms with E-state index in [1.54, 1.807) is 37.3 Å². The van der Waals surface area contributed by atoms with Gasteiger partial charge < -0.3 is 9.88 Å². The summed E-state index contributed by atoms with van der Waals surface area (Å²) < 4.78 is 30.2. The van der Waals surface area contributed by atoms with E-state index in [4.69, 9.17) is 0 Å². The summed E-state index contributed by atoms with van der Waals surface area (Å²) in [5, 5.41) is 2.86. The first-order chi connectivity index (χ1) is 15.2. The Kier molecular flexibility index (Phi) is 5.71. The highest BCUT2D eigenvalue weighted by molar-refractivity contribution is 7.92. The van der Waals surface area contributed by atoms with E-state index in [0.717, 1.165) is 22.4 Å². The zero-order valence-corrected chi connectivity index (χ0v) is 18.9. The van der Waals surface area contributed by atoms with Gasteiger partial charge in [-0.1, -0.05) is 30.3 Å². The second kappa shape index (κ2) is 8.47. The molecule has 0 saturated carbocycles. The number of nitrogens with one attached hydrogen (secondary N) is 2. The number of amides is 1. The van der Waals surface area contributed by atoms with Gasteiger partial charge in [0.05, 0.1) is 22.5 Å². The number of benzene rings is 3. The number of nitrogens with zero attached hydrogens (tertiary/aromatic N) is 2. The van der Waals surface area contributed by atoms with Gasteiger partial charge in [-0.3, -0.25) is 9.52 Å². The number of aromatic nitrogens is 2. The van der Waals surface area contributed by atoms with Crippen molar-refractivity contribution < 1.29 is 13.2 Å². The van der Waals surface area contributed by atoms with Crippen LogP contribution in [0.5, 0.6) is 0 Å². The van der Waals surface area contributed by atoms with Gasteiger partial charge in [-0.05, 0) is 61.4 Å². The minimum Gasteiger partial charge on any atom is -0.345 e. The average Bonchev–Trinajstić information content (AvgIpc) is 3.09. The van der Waals surface area contributed by atoms with Crippen LogP contribution in [0, 0.1) is 13.8 Å². The summed E-state index contributed by atoms with van der Waals surface area (Å²) in [7, 11) is -1.88. The van der Waals surface area contributed by atoms with E-state index in [-0.39, 0.29) is 17.3 Å². The summed E-state index contributed by atoms with van der Waals surface area (Å²) in [4.78, 5) is 17.5. The summed E-state index contributed by atoms with van der Waals surface area (Å²) in [6.07, 6.45) is 0. The molecular formula is C24H24N4O3S.